The number of hydrogen-bond donors (Lipinski definition) is 0. The molecule has 0 N–H and O–H groups in total. The van der Waals surface area contributed by atoms with Crippen LogP contribution in [0.2, 0.25) is 0 Å². The van der Waals surface area contributed by atoms with E-state index in [0.29, 0.717) is 29.6 Å². The van der Waals surface area contributed by atoms with E-state index in [9.17, 15) is 4.39 Å². The molecule has 0 saturated heterocycles. The number of halogens is 1. The standard InChI is InChI=1S/C19H16FN5OS/c1-2-15-16(20)18(22-12-21-15)27-19-24-23-17(13-7-4-3-5-8-13)25(19)11-14-9-6-10-26-14/h3-10,12H,2,11H2,1H3. The largest absolute Gasteiger partial charge is 0.467 e. The van der Waals surface area contributed by atoms with Gasteiger partial charge >= 0.3 is 0 Å². The molecule has 27 heavy (non-hydrogen) atoms. The zero-order valence-electron chi connectivity index (χ0n) is 14.5. The van der Waals surface area contributed by atoms with E-state index in [2.05, 4.69) is 20.2 Å². The number of rotatable bonds is 6. The van der Waals surface area contributed by atoms with Crippen LogP contribution in [-0.4, -0.2) is 24.7 Å². The van der Waals surface area contributed by atoms with Gasteiger partial charge in [-0.15, -0.1) is 10.2 Å². The Hall–Kier alpha value is -3.00. The van der Waals surface area contributed by atoms with Crippen molar-refractivity contribution in [2.24, 2.45) is 0 Å². The molecule has 0 saturated carbocycles. The molecule has 0 unspecified atom stereocenters. The van der Waals surface area contributed by atoms with E-state index in [1.165, 1.54) is 6.33 Å². The lowest BCUT2D eigenvalue weighted by atomic mass is 10.2. The van der Waals surface area contributed by atoms with Crippen LogP contribution in [0.15, 0.2) is 69.7 Å². The van der Waals surface area contributed by atoms with Gasteiger partial charge in [-0.2, -0.15) is 0 Å². The lowest BCUT2D eigenvalue weighted by Crippen LogP contribution is -2.04. The SMILES string of the molecule is CCc1ncnc(Sc2nnc(-c3ccccc3)n2Cc2ccco2)c1F. The van der Waals surface area contributed by atoms with E-state index in [1.54, 1.807) is 6.26 Å². The Balaban J connectivity index is 1.75. The number of aromatic nitrogens is 5. The zero-order chi connectivity index (χ0) is 18.6. The molecule has 0 spiro atoms. The zero-order valence-corrected chi connectivity index (χ0v) is 15.4. The Morgan fingerprint density at radius 2 is 1.93 bits per heavy atom. The fourth-order valence-electron chi connectivity index (χ4n) is 2.66. The smallest absolute Gasteiger partial charge is 0.198 e. The molecule has 6 nitrogen and oxygen atoms in total. The second-order valence-corrected chi connectivity index (χ2v) is 6.69. The summed E-state index contributed by atoms with van der Waals surface area (Å²) in [6, 6.07) is 13.4. The molecular formula is C19H16FN5OS. The van der Waals surface area contributed by atoms with Crippen molar-refractivity contribution in [3.63, 3.8) is 0 Å². The predicted molar refractivity (Wildman–Crippen MR) is 98.8 cm³/mol. The minimum atomic E-state index is -0.418. The molecule has 3 aromatic heterocycles. The van der Waals surface area contributed by atoms with E-state index < -0.39 is 5.82 Å². The van der Waals surface area contributed by atoms with Gasteiger partial charge in [0.05, 0.1) is 18.5 Å². The van der Waals surface area contributed by atoms with Crippen LogP contribution >= 0.6 is 11.8 Å². The number of benzene rings is 1. The number of nitrogens with zero attached hydrogens (tertiary/aromatic N) is 5. The maximum atomic E-state index is 14.6. The summed E-state index contributed by atoms with van der Waals surface area (Å²) < 4.78 is 21.9. The Labute approximate surface area is 159 Å². The Morgan fingerprint density at radius 3 is 2.67 bits per heavy atom. The molecule has 0 amide bonds. The van der Waals surface area contributed by atoms with Crippen LogP contribution in [0.1, 0.15) is 18.4 Å². The fourth-order valence-corrected chi connectivity index (χ4v) is 3.48. The first-order chi connectivity index (χ1) is 13.3. The first kappa shape index (κ1) is 17.4. The van der Waals surface area contributed by atoms with Crippen molar-refractivity contribution in [2.75, 3.05) is 0 Å². The summed E-state index contributed by atoms with van der Waals surface area (Å²) >= 11 is 1.13. The van der Waals surface area contributed by atoms with Crippen LogP contribution in [0, 0.1) is 5.82 Å². The van der Waals surface area contributed by atoms with E-state index in [0.717, 1.165) is 23.1 Å². The summed E-state index contributed by atoms with van der Waals surface area (Å²) in [6.45, 7) is 2.28. The van der Waals surface area contributed by atoms with Gasteiger partial charge < -0.3 is 4.42 Å². The van der Waals surface area contributed by atoms with E-state index in [4.69, 9.17) is 4.42 Å². The van der Waals surface area contributed by atoms with Gasteiger partial charge in [0, 0.05) is 5.56 Å². The molecule has 136 valence electrons. The third-order valence-corrected chi connectivity index (χ3v) is 4.96. The second-order valence-electron chi connectivity index (χ2n) is 5.73. The molecule has 0 aliphatic carbocycles. The number of hydrogen-bond acceptors (Lipinski definition) is 6. The van der Waals surface area contributed by atoms with Crippen molar-refractivity contribution in [1.82, 2.24) is 24.7 Å². The first-order valence-electron chi connectivity index (χ1n) is 8.44. The molecule has 0 bridgehead atoms. The van der Waals surface area contributed by atoms with Crippen molar-refractivity contribution in [3.05, 3.63) is 72.3 Å². The monoisotopic (exact) mass is 381 g/mol. The molecule has 1 aromatic carbocycles. The van der Waals surface area contributed by atoms with Gasteiger partial charge in [0.1, 0.15) is 17.1 Å². The number of aryl methyl sites for hydroxylation is 1. The Kier molecular flexibility index (Phi) is 4.97. The minimum Gasteiger partial charge on any atom is -0.467 e. The van der Waals surface area contributed by atoms with Gasteiger partial charge in [-0.3, -0.25) is 4.57 Å². The molecule has 0 radical (unpaired) electrons. The van der Waals surface area contributed by atoms with Crippen molar-refractivity contribution in [3.8, 4) is 11.4 Å². The summed E-state index contributed by atoms with van der Waals surface area (Å²) in [5.41, 5.74) is 1.30. The summed E-state index contributed by atoms with van der Waals surface area (Å²) in [6.07, 6.45) is 3.48. The highest BCUT2D eigenvalue weighted by Gasteiger charge is 2.19. The highest BCUT2D eigenvalue weighted by Crippen LogP contribution is 2.31. The van der Waals surface area contributed by atoms with E-state index >= 15 is 0 Å². The third kappa shape index (κ3) is 3.61. The maximum absolute atomic E-state index is 14.6. The van der Waals surface area contributed by atoms with Crippen molar-refractivity contribution in [1.29, 1.82) is 0 Å². The third-order valence-electron chi connectivity index (χ3n) is 4.00. The Bertz CT molecular complexity index is 1030. The molecule has 0 aliphatic rings. The molecule has 0 fully saturated rings. The van der Waals surface area contributed by atoms with Crippen LogP contribution < -0.4 is 0 Å². The molecule has 8 heteroatoms. The number of furan rings is 1. The van der Waals surface area contributed by atoms with Gasteiger partial charge in [0.25, 0.3) is 0 Å². The molecular weight excluding hydrogens is 365 g/mol. The van der Waals surface area contributed by atoms with Crippen LogP contribution in [0.5, 0.6) is 0 Å². The topological polar surface area (TPSA) is 69.6 Å². The normalized spacial score (nSPS) is 11.0. The van der Waals surface area contributed by atoms with Crippen molar-refractivity contribution < 1.29 is 8.81 Å². The quantitative estimate of drug-likeness (QED) is 0.466. The van der Waals surface area contributed by atoms with Gasteiger partial charge in [-0.25, -0.2) is 14.4 Å². The summed E-state index contributed by atoms with van der Waals surface area (Å²) in [5.74, 6) is 1.02. The van der Waals surface area contributed by atoms with Crippen molar-refractivity contribution in [2.45, 2.75) is 30.1 Å². The van der Waals surface area contributed by atoms with Crippen LogP contribution in [0.3, 0.4) is 0 Å². The van der Waals surface area contributed by atoms with Crippen molar-refractivity contribution >= 4 is 11.8 Å². The summed E-state index contributed by atoms with van der Waals surface area (Å²) in [7, 11) is 0. The summed E-state index contributed by atoms with van der Waals surface area (Å²) in [4.78, 5) is 8.05. The minimum absolute atomic E-state index is 0.231. The predicted octanol–water partition coefficient (Wildman–Crippen LogP) is 4.23. The molecule has 4 aromatic rings. The van der Waals surface area contributed by atoms with Gasteiger partial charge in [0.15, 0.2) is 16.8 Å². The average molecular weight is 381 g/mol. The molecule has 4 rings (SSSR count). The first-order valence-corrected chi connectivity index (χ1v) is 9.26. The average Bonchev–Trinajstić information content (AvgIpc) is 3.35. The van der Waals surface area contributed by atoms with Gasteiger partial charge in [0.2, 0.25) is 0 Å². The fraction of sp³-hybridized carbons (Fsp3) is 0.158. The van der Waals surface area contributed by atoms with Gasteiger partial charge in [-0.05, 0) is 30.3 Å². The second kappa shape index (κ2) is 7.71. The van der Waals surface area contributed by atoms with Crippen LogP contribution in [0.4, 0.5) is 4.39 Å². The Morgan fingerprint density at radius 1 is 1.07 bits per heavy atom. The van der Waals surface area contributed by atoms with E-state index in [1.807, 2.05) is 54.0 Å². The summed E-state index contributed by atoms with van der Waals surface area (Å²) in [5, 5.41) is 9.36. The van der Waals surface area contributed by atoms with E-state index in [-0.39, 0.29) is 5.03 Å². The molecule has 0 atom stereocenters. The highest BCUT2D eigenvalue weighted by molar-refractivity contribution is 7.99. The lowest BCUT2D eigenvalue weighted by molar-refractivity contribution is 0.485. The van der Waals surface area contributed by atoms with Crippen LogP contribution in [-0.2, 0) is 13.0 Å². The maximum Gasteiger partial charge on any atom is 0.198 e. The lowest BCUT2D eigenvalue weighted by Gasteiger charge is -2.09. The molecule has 3 heterocycles. The highest BCUT2D eigenvalue weighted by atomic mass is 32.2. The van der Waals surface area contributed by atoms with Crippen LogP contribution in [0.25, 0.3) is 11.4 Å². The van der Waals surface area contributed by atoms with Gasteiger partial charge in [-0.1, -0.05) is 37.3 Å². The molecule has 0 aliphatic heterocycles.